The average Bonchev–Trinajstić information content (AvgIpc) is 3.43. The highest BCUT2D eigenvalue weighted by Crippen LogP contribution is 2.21. The standard InChI is InChI=1S/C31H48N4O7S2/c1-21(36)44-25(24(19-22-13-9-8-10-14-22)34-29(40)42-31(5,6)7)26(37)32-16-12-11-15-23(27(38)35-17-18-43-20-35)33-28(39)41-30(2,3)4/h8-10,13-14,23-25H,11-12,15-20H2,1-7H3,(H,32,37)(H,33,39)(H,34,40)/t23-,24+,25+/m0/s1. The van der Waals surface area contributed by atoms with Crippen LogP contribution in [0.1, 0.15) is 73.3 Å². The lowest BCUT2D eigenvalue weighted by molar-refractivity contribution is -0.132. The maximum Gasteiger partial charge on any atom is 0.408 e. The number of hydrogen-bond acceptors (Lipinski definition) is 9. The molecule has 1 aliphatic rings. The summed E-state index contributed by atoms with van der Waals surface area (Å²) in [4.78, 5) is 65.6. The zero-order chi connectivity index (χ0) is 32.9. The minimum atomic E-state index is -0.906. The summed E-state index contributed by atoms with van der Waals surface area (Å²) in [5, 5.41) is 7.25. The maximum absolute atomic E-state index is 13.4. The van der Waals surface area contributed by atoms with Gasteiger partial charge in [-0.1, -0.05) is 42.1 Å². The Morgan fingerprint density at radius 1 is 0.932 bits per heavy atom. The van der Waals surface area contributed by atoms with Crippen molar-refractivity contribution < 1.29 is 33.4 Å². The molecule has 1 saturated heterocycles. The Labute approximate surface area is 269 Å². The van der Waals surface area contributed by atoms with Gasteiger partial charge >= 0.3 is 12.2 Å². The third-order valence-corrected chi connectivity index (χ3v) is 8.28. The van der Waals surface area contributed by atoms with Crippen molar-refractivity contribution in [1.29, 1.82) is 0 Å². The molecule has 11 nitrogen and oxygen atoms in total. The van der Waals surface area contributed by atoms with Gasteiger partial charge in [-0.15, -0.1) is 11.8 Å². The first-order valence-corrected chi connectivity index (χ1v) is 16.9. The van der Waals surface area contributed by atoms with Gasteiger partial charge in [0.05, 0.1) is 11.9 Å². The summed E-state index contributed by atoms with van der Waals surface area (Å²) in [6.45, 7) is 12.8. The molecule has 44 heavy (non-hydrogen) atoms. The number of ether oxygens (including phenoxy) is 2. The molecule has 1 aliphatic heterocycles. The summed E-state index contributed by atoms with van der Waals surface area (Å²) in [7, 11) is 0. The van der Waals surface area contributed by atoms with Gasteiger partial charge in [0, 0.05) is 25.8 Å². The summed E-state index contributed by atoms with van der Waals surface area (Å²) in [5.74, 6) is 0.887. The van der Waals surface area contributed by atoms with Crippen molar-refractivity contribution >= 4 is 52.6 Å². The van der Waals surface area contributed by atoms with Crippen molar-refractivity contribution in [3.63, 3.8) is 0 Å². The Balaban J connectivity index is 2.04. The van der Waals surface area contributed by atoms with Gasteiger partial charge in [0.2, 0.25) is 11.8 Å². The fourth-order valence-electron chi connectivity index (χ4n) is 4.36. The number of carbonyl (C=O) groups is 5. The Hall–Kier alpha value is -2.93. The van der Waals surface area contributed by atoms with Crippen molar-refractivity contribution in [3.8, 4) is 0 Å². The van der Waals surface area contributed by atoms with Gasteiger partial charge in [0.25, 0.3) is 0 Å². The Morgan fingerprint density at radius 2 is 1.55 bits per heavy atom. The summed E-state index contributed by atoms with van der Waals surface area (Å²) in [6.07, 6.45) is 0.430. The van der Waals surface area contributed by atoms with E-state index in [0.717, 1.165) is 23.1 Å². The third-order valence-electron chi connectivity index (χ3n) is 6.19. The fraction of sp³-hybridized carbons (Fsp3) is 0.645. The van der Waals surface area contributed by atoms with E-state index in [1.165, 1.54) is 6.92 Å². The van der Waals surface area contributed by atoms with Gasteiger partial charge in [-0.3, -0.25) is 14.4 Å². The minimum Gasteiger partial charge on any atom is -0.444 e. The highest BCUT2D eigenvalue weighted by Gasteiger charge is 2.33. The molecule has 246 valence electrons. The molecule has 3 N–H and O–H groups in total. The Kier molecular flexibility index (Phi) is 14.8. The molecule has 13 heteroatoms. The molecule has 0 saturated carbocycles. The normalized spacial score (nSPS) is 15.5. The summed E-state index contributed by atoms with van der Waals surface area (Å²) >= 11 is 2.52. The average molecular weight is 653 g/mol. The smallest absolute Gasteiger partial charge is 0.408 e. The van der Waals surface area contributed by atoms with Crippen LogP contribution in [-0.4, -0.2) is 87.3 Å². The largest absolute Gasteiger partial charge is 0.444 e. The van der Waals surface area contributed by atoms with Crippen molar-refractivity contribution in [1.82, 2.24) is 20.9 Å². The van der Waals surface area contributed by atoms with E-state index in [1.54, 1.807) is 58.2 Å². The second-order valence-corrected chi connectivity index (χ2v) is 15.0. The predicted octanol–water partition coefficient (Wildman–Crippen LogP) is 4.48. The first-order valence-electron chi connectivity index (χ1n) is 14.9. The van der Waals surface area contributed by atoms with Gasteiger partial charge in [-0.25, -0.2) is 9.59 Å². The van der Waals surface area contributed by atoms with E-state index < -0.39 is 46.6 Å². The van der Waals surface area contributed by atoms with Crippen LogP contribution in [0.25, 0.3) is 0 Å². The van der Waals surface area contributed by atoms with Gasteiger partial charge in [0.1, 0.15) is 22.5 Å². The zero-order valence-electron chi connectivity index (χ0n) is 26.9. The molecule has 2 rings (SSSR count). The lowest BCUT2D eigenvalue weighted by atomic mass is 10.0. The number of amides is 4. The maximum atomic E-state index is 13.4. The number of unbranched alkanes of at least 4 members (excludes halogenated alkanes) is 1. The van der Waals surface area contributed by atoms with E-state index in [-0.39, 0.29) is 17.6 Å². The number of nitrogens with one attached hydrogen (secondary N) is 3. The van der Waals surface area contributed by atoms with Crippen LogP contribution in [0.2, 0.25) is 0 Å². The van der Waals surface area contributed by atoms with Crippen LogP contribution >= 0.6 is 23.5 Å². The molecular weight excluding hydrogens is 604 g/mol. The Bertz CT molecular complexity index is 1120. The van der Waals surface area contributed by atoms with Crippen LogP contribution < -0.4 is 16.0 Å². The van der Waals surface area contributed by atoms with E-state index in [0.29, 0.717) is 38.1 Å². The van der Waals surface area contributed by atoms with E-state index in [4.69, 9.17) is 9.47 Å². The van der Waals surface area contributed by atoms with Crippen LogP contribution in [-0.2, 0) is 30.3 Å². The predicted molar refractivity (Wildman–Crippen MR) is 174 cm³/mol. The highest BCUT2D eigenvalue weighted by atomic mass is 32.2. The van der Waals surface area contributed by atoms with E-state index in [9.17, 15) is 24.0 Å². The number of alkyl carbamates (subject to hydrolysis) is 2. The van der Waals surface area contributed by atoms with Gasteiger partial charge in [-0.05, 0) is 72.8 Å². The number of nitrogens with zero attached hydrogens (tertiary/aromatic N) is 1. The van der Waals surface area contributed by atoms with Gasteiger partial charge in [0.15, 0.2) is 5.12 Å². The first-order chi connectivity index (χ1) is 20.5. The quantitative estimate of drug-likeness (QED) is 0.263. The number of thioether (sulfide) groups is 2. The molecular formula is C31H48N4O7S2. The summed E-state index contributed by atoms with van der Waals surface area (Å²) in [5.41, 5.74) is -0.547. The number of rotatable bonds is 13. The third kappa shape index (κ3) is 14.7. The van der Waals surface area contributed by atoms with E-state index in [1.807, 2.05) is 30.3 Å². The summed E-state index contributed by atoms with van der Waals surface area (Å²) < 4.78 is 10.8. The zero-order valence-corrected chi connectivity index (χ0v) is 28.5. The lowest BCUT2D eigenvalue weighted by Crippen LogP contribution is -2.51. The van der Waals surface area contributed by atoms with Crippen LogP contribution in [0.15, 0.2) is 30.3 Å². The fourth-order valence-corrected chi connectivity index (χ4v) is 6.19. The molecule has 0 spiro atoms. The van der Waals surface area contributed by atoms with Crippen LogP contribution in [0.4, 0.5) is 9.59 Å². The lowest BCUT2D eigenvalue weighted by Gasteiger charge is -2.28. The SMILES string of the molecule is CC(=O)S[C@@H](C(=O)NCCCC[C@H](NC(=O)OC(C)(C)C)C(=O)N1CCSC1)[C@@H](Cc1ccccc1)NC(=O)OC(C)(C)C. The molecule has 1 heterocycles. The van der Waals surface area contributed by atoms with Crippen molar-refractivity contribution in [3.05, 3.63) is 35.9 Å². The van der Waals surface area contributed by atoms with Gasteiger partial charge in [-0.2, -0.15) is 0 Å². The van der Waals surface area contributed by atoms with Crippen molar-refractivity contribution in [2.24, 2.45) is 0 Å². The molecule has 1 aromatic rings. The molecule has 1 aromatic carbocycles. The molecule has 1 fully saturated rings. The first kappa shape index (κ1) is 37.3. The highest BCUT2D eigenvalue weighted by molar-refractivity contribution is 8.14. The second-order valence-electron chi connectivity index (χ2n) is 12.6. The van der Waals surface area contributed by atoms with Crippen molar-refractivity contribution in [2.75, 3.05) is 24.7 Å². The van der Waals surface area contributed by atoms with E-state index in [2.05, 4.69) is 16.0 Å². The molecule has 3 atom stereocenters. The van der Waals surface area contributed by atoms with Crippen LogP contribution in [0, 0.1) is 0 Å². The van der Waals surface area contributed by atoms with Crippen molar-refractivity contribution in [2.45, 2.75) is 103 Å². The topological polar surface area (TPSA) is 143 Å². The number of hydrogen-bond donors (Lipinski definition) is 3. The second kappa shape index (κ2) is 17.5. The number of benzene rings is 1. The number of carbonyl (C=O) groups excluding carboxylic acids is 5. The van der Waals surface area contributed by atoms with Crippen LogP contribution in [0.3, 0.4) is 0 Å². The molecule has 4 amide bonds. The monoisotopic (exact) mass is 652 g/mol. The van der Waals surface area contributed by atoms with Crippen LogP contribution in [0.5, 0.6) is 0 Å². The molecule has 0 aliphatic carbocycles. The molecule has 0 aromatic heterocycles. The molecule has 0 unspecified atom stereocenters. The van der Waals surface area contributed by atoms with E-state index >= 15 is 0 Å². The summed E-state index contributed by atoms with van der Waals surface area (Å²) in [6, 6.07) is 7.92. The van der Waals surface area contributed by atoms with Gasteiger partial charge < -0.3 is 30.3 Å². The molecule has 0 radical (unpaired) electrons. The minimum absolute atomic E-state index is 0.153. The molecule has 0 bridgehead atoms. The Morgan fingerprint density at radius 3 is 2.09 bits per heavy atom.